The molecule has 2 aliphatic rings. The topological polar surface area (TPSA) is 41.3 Å². The summed E-state index contributed by atoms with van der Waals surface area (Å²) in [5.41, 5.74) is 2.72. The van der Waals surface area contributed by atoms with Gasteiger partial charge in [-0.25, -0.2) is 5.84 Å². The highest BCUT2D eigenvalue weighted by Crippen LogP contribution is 2.30. The second-order valence-electron chi connectivity index (χ2n) is 5.44. The average molecular weight is 255 g/mol. The van der Waals surface area contributed by atoms with E-state index >= 15 is 0 Å². The van der Waals surface area contributed by atoms with Crippen LogP contribution in [0.2, 0.25) is 0 Å². The van der Waals surface area contributed by atoms with Crippen molar-refractivity contribution in [3.63, 3.8) is 0 Å². The molecule has 4 heteroatoms. The minimum Gasteiger partial charge on any atom is -0.342 e. The quantitative estimate of drug-likeness (QED) is 0.452. The van der Waals surface area contributed by atoms with E-state index in [1.54, 1.807) is 0 Å². The minimum absolute atomic E-state index is 0.635. The van der Waals surface area contributed by atoms with Crippen molar-refractivity contribution in [2.45, 2.75) is 76.3 Å². The van der Waals surface area contributed by atoms with E-state index in [1.165, 1.54) is 64.2 Å². The van der Waals surface area contributed by atoms with Gasteiger partial charge in [0.2, 0.25) is 0 Å². The molecule has 2 fully saturated rings. The summed E-state index contributed by atoms with van der Waals surface area (Å²) in [4.78, 5) is 2.44. The summed E-state index contributed by atoms with van der Waals surface area (Å²) in [5, 5.41) is 0.767. The Morgan fingerprint density at radius 1 is 0.882 bits per heavy atom. The van der Waals surface area contributed by atoms with Gasteiger partial charge in [0.1, 0.15) is 0 Å². The Balaban J connectivity index is 2.02. The molecule has 0 saturated heterocycles. The highest BCUT2D eigenvalue weighted by Gasteiger charge is 2.30. The smallest absolute Gasteiger partial charge is 0.183 e. The third-order valence-electron chi connectivity index (χ3n) is 4.29. The molecule has 0 aromatic heterocycles. The van der Waals surface area contributed by atoms with Gasteiger partial charge in [-0.1, -0.05) is 38.5 Å². The van der Waals surface area contributed by atoms with Crippen LogP contribution in [0.4, 0.5) is 0 Å². The molecule has 3 nitrogen and oxygen atoms in total. The molecule has 17 heavy (non-hydrogen) atoms. The number of nitrogens with two attached hydrogens (primary N) is 1. The molecule has 2 aliphatic carbocycles. The molecule has 0 spiro atoms. The minimum atomic E-state index is 0.635. The maximum atomic E-state index is 5.55. The summed E-state index contributed by atoms with van der Waals surface area (Å²) >= 11 is 5.43. The molecule has 3 N–H and O–H groups in total. The van der Waals surface area contributed by atoms with Crippen LogP contribution < -0.4 is 11.3 Å². The Bertz CT molecular complexity index is 227. The van der Waals surface area contributed by atoms with Gasteiger partial charge in [-0.2, -0.15) is 0 Å². The third-order valence-corrected chi connectivity index (χ3v) is 4.62. The van der Waals surface area contributed by atoms with E-state index in [0.717, 1.165) is 5.11 Å². The predicted molar refractivity (Wildman–Crippen MR) is 75.5 cm³/mol. The van der Waals surface area contributed by atoms with E-state index < -0.39 is 0 Å². The van der Waals surface area contributed by atoms with Crippen LogP contribution in [0.15, 0.2) is 0 Å². The highest BCUT2D eigenvalue weighted by atomic mass is 32.1. The van der Waals surface area contributed by atoms with Crippen molar-refractivity contribution in [1.29, 1.82) is 0 Å². The summed E-state index contributed by atoms with van der Waals surface area (Å²) in [5.74, 6) is 5.55. The predicted octanol–water partition coefficient (Wildman–Crippen LogP) is 2.70. The van der Waals surface area contributed by atoms with E-state index in [2.05, 4.69) is 10.3 Å². The second kappa shape index (κ2) is 6.55. The van der Waals surface area contributed by atoms with Crippen molar-refractivity contribution < 1.29 is 0 Å². The Morgan fingerprint density at radius 3 is 1.65 bits per heavy atom. The van der Waals surface area contributed by atoms with Crippen molar-refractivity contribution in [3.8, 4) is 0 Å². The normalized spacial score (nSPS) is 23.4. The van der Waals surface area contributed by atoms with Gasteiger partial charge in [-0.15, -0.1) is 0 Å². The van der Waals surface area contributed by atoms with Gasteiger partial charge in [0.25, 0.3) is 0 Å². The Morgan fingerprint density at radius 2 is 1.29 bits per heavy atom. The van der Waals surface area contributed by atoms with Crippen LogP contribution in [-0.2, 0) is 0 Å². The first-order chi connectivity index (χ1) is 8.33. The molecule has 98 valence electrons. The molecule has 0 radical (unpaired) electrons. The van der Waals surface area contributed by atoms with Crippen LogP contribution in [0.5, 0.6) is 0 Å². The molecule has 2 saturated carbocycles. The zero-order valence-corrected chi connectivity index (χ0v) is 11.5. The van der Waals surface area contributed by atoms with Gasteiger partial charge in [-0.05, 0) is 37.9 Å². The molecular weight excluding hydrogens is 230 g/mol. The van der Waals surface area contributed by atoms with Crippen LogP contribution in [0.3, 0.4) is 0 Å². The molecule has 0 aromatic rings. The maximum Gasteiger partial charge on any atom is 0.183 e. The summed E-state index contributed by atoms with van der Waals surface area (Å²) in [6.07, 6.45) is 13.3. The van der Waals surface area contributed by atoms with Gasteiger partial charge >= 0.3 is 0 Å². The molecule has 0 aliphatic heterocycles. The highest BCUT2D eigenvalue weighted by molar-refractivity contribution is 7.80. The number of nitrogens with zero attached hydrogens (tertiary/aromatic N) is 1. The monoisotopic (exact) mass is 255 g/mol. The number of hydrogen-bond donors (Lipinski definition) is 2. The van der Waals surface area contributed by atoms with Gasteiger partial charge in [0, 0.05) is 12.1 Å². The van der Waals surface area contributed by atoms with E-state index in [4.69, 9.17) is 18.1 Å². The lowest BCUT2D eigenvalue weighted by molar-refractivity contribution is 0.156. The fraction of sp³-hybridized carbons (Fsp3) is 0.923. The van der Waals surface area contributed by atoms with Crippen molar-refractivity contribution in [2.24, 2.45) is 5.84 Å². The Kier molecular flexibility index (Phi) is 5.04. The van der Waals surface area contributed by atoms with Crippen LogP contribution >= 0.6 is 12.2 Å². The Labute approximate surface area is 110 Å². The largest absolute Gasteiger partial charge is 0.342 e. The molecule has 0 unspecified atom stereocenters. The number of nitrogens with one attached hydrogen (secondary N) is 1. The zero-order chi connectivity index (χ0) is 12.1. The van der Waals surface area contributed by atoms with E-state index in [-0.39, 0.29) is 0 Å². The summed E-state index contributed by atoms with van der Waals surface area (Å²) in [6.45, 7) is 0. The number of rotatable bonds is 2. The fourth-order valence-electron chi connectivity index (χ4n) is 3.42. The van der Waals surface area contributed by atoms with Crippen LogP contribution in [0.1, 0.15) is 64.2 Å². The third kappa shape index (κ3) is 3.32. The average Bonchev–Trinajstić information content (AvgIpc) is 2.41. The van der Waals surface area contributed by atoms with Gasteiger partial charge in [0.05, 0.1) is 0 Å². The van der Waals surface area contributed by atoms with Crippen molar-refractivity contribution >= 4 is 17.3 Å². The summed E-state index contributed by atoms with van der Waals surface area (Å²) in [6, 6.07) is 1.27. The Hall–Kier alpha value is -0.350. The van der Waals surface area contributed by atoms with Crippen LogP contribution in [0, 0.1) is 0 Å². The van der Waals surface area contributed by atoms with Crippen molar-refractivity contribution in [1.82, 2.24) is 10.3 Å². The zero-order valence-electron chi connectivity index (χ0n) is 10.7. The first kappa shape index (κ1) is 13.1. The van der Waals surface area contributed by atoms with Crippen LogP contribution in [0.25, 0.3) is 0 Å². The van der Waals surface area contributed by atoms with E-state index in [0.29, 0.717) is 12.1 Å². The molecule has 0 aromatic carbocycles. The molecule has 0 heterocycles. The van der Waals surface area contributed by atoms with Gasteiger partial charge in [0.15, 0.2) is 5.11 Å². The molecule has 0 bridgehead atoms. The number of hydrogen-bond acceptors (Lipinski definition) is 2. The SMILES string of the molecule is NNC(=S)N(C1CCCCC1)C1CCCCC1. The van der Waals surface area contributed by atoms with Crippen molar-refractivity contribution in [3.05, 3.63) is 0 Å². The lowest BCUT2D eigenvalue weighted by Gasteiger charge is -2.42. The van der Waals surface area contributed by atoms with E-state index in [9.17, 15) is 0 Å². The summed E-state index contributed by atoms with van der Waals surface area (Å²) < 4.78 is 0. The first-order valence-corrected chi connectivity index (χ1v) is 7.52. The van der Waals surface area contributed by atoms with E-state index in [1.807, 2.05) is 0 Å². The lowest BCUT2D eigenvalue weighted by Crippen LogP contribution is -2.54. The maximum absolute atomic E-state index is 5.55. The fourth-order valence-corrected chi connectivity index (χ4v) is 3.72. The molecule has 0 atom stereocenters. The number of hydrazine groups is 1. The van der Waals surface area contributed by atoms with Crippen LogP contribution in [-0.4, -0.2) is 22.1 Å². The molecule has 2 rings (SSSR count). The standard InChI is InChI=1S/C13H25N3S/c14-15-13(17)16(11-7-3-1-4-8-11)12-9-5-2-6-10-12/h11-12H,1-10,14H2,(H,15,17). The van der Waals surface area contributed by atoms with Crippen molar-refractivity contribution in [2.75, 3.05) is 0 Å². The lowest BCUT2D eigenvalue weighted by atomic mass is 9.89. The first-order valence-electron chi connectivity index (χ1n) is 7.12. The second-order valence-corrected chi connectivity index (χ2v) is 5.83. The molecular formula is C13H25N3S. The summed E-state index contributed by atoms with van der Waals surface area (Å²) in [7, 11) is 0. The van der Waals surface area contributed by atoms with Gasteiger partial charge < -0.3 is 10.3 Å². The van der Waals surface area contributed by atoms with Gasteiger partial charge in [-0.3, -0.25) is 0 Å². The molecule has 0 amide bonds. The number of thiocarbonyl (C=S) groups is 1.